The van der Waals surface area contributed by atoms with Crippen molar-refractivity contribution in [1.29, 1.82) is 0 Å². The van der Waals surface area contributed by atoms with Crippen LogP contribution in [0.15, 0.2) is 59.7 Å². The number of hydrogen-bond acceptors (Lipinski definition) is 3. The first-order valence-corrected chi connectivity index (χ1v) is 10.2. The van der Waals surface area contributed by atoms with Crippen molar-refractivity contribution in [3.05, 3.63) is 81.5 Å². The van der Waals surface area contributed by atoms with Gasteiger partial charge in [0, 0.05) is 60.7 Å². The summed E-state index contributed by atoms with van der Waals surface area (Å²) >= 11 is 5.90. The molecule has 0 unspecified atom stereocenters. The molecule has 0 saturated carbocycles. The maximum absolute atomic E-state index is 12.8. The number of benzene rings is 1. The molecule has 5 rings (SSSR count). The molecule has 0 saturated heterocycles. The number of carboxylic acid groups (broad SMARTS) is 1. The number of aryl methyl sites for hydroxylation is 1. The third kappa shape index (κ3) is 3.27. The molecule has 1 aliphatic rings. The van der Waals surface area contributed by atoms with E-state index in [9.17, 15) is 14.7 Å². The number of amides is 1. The van der Waals surface area contributed by atoms with Crippen molar-refractivity contribution in [2.24, 2.45) is 7.05 Å². The summed E-state index contributed by atoms with van der Waals surface area (Å²) in [5.74, 6) is 0. The monoisotopic (exact) mass is 434 g/mol. The highest BCUT2D eigenvalue weighted by Crippen LogP contribution is 2.31. The lowest BCUT2D eigenvalue weighted by Crippen LogP contribution is -2.34. The van der Waals surface area contributed by atoms with E-state index in [4.69, 9.17) is 11.6 Å². The second-order valence-corrected chi connectivity index (χ2v) is 8.06. The first-order valence-electron chi connectivity index (χ1n) is 9.85. The summed E-state index contributed by atoms with van der Waals surface area (Å²) < 4.78 is 3.69. The highest BCUT2D eigenvalue weighted by molar-refractivity contribution is 6.30. The number of fused-ring (bicyclic) bond motifs is 3. The molecular formula is C23H19ClN4O3. The van der Waals surface area contributed by atoms with Crippen molar-refractivity contribution in [2.45, 2.75) is 13.0 Å². The third-order valence-electron chi connectivity index (χ3n) is 5.88. The zero-order chi connectivity index (χ0) is 21.7. The van der Waals surface area contributed by atoms with Gasteiger partial charge < -0.3 is 14.6 Å². The van der Waals surface area contributed by atoms with E-state index in [1.807, 2.05) is 31.3 Å². The Bertz CT molecular complexity index is 1390. The molecule has 0 aliphatic carbocycles. The van der Waals surface area contributed by atoms with Gasteiger partial charge in [0.25, 0.3) is 5.56 Å². The average molecular weight is 435 g/mol. The first-order chi connectivity index (χ1) is 14.9. The zero-order valence-corrected chi connectivity index (χ0v) is 17.5. The highest BCUT2D eigenvalue weighted by atomic mass is 35.5. The third-order valence-corrected chi connectivity index (χ3v) is 6.10. The lowest BCUT2D eigenvalue weighted by atomic mass is 10.0. The minimum absolute atomic E-state index is 0.162. The molecule has 1 aromatic carbocycles. The van der Waals surface area contributed by atoms with E-state index in [1.165, 1.54) is 4.90 Å². The van der Waals surface area contributed by atoms with Gasteiger partial charge >= 0.3 is 6.09 Å². The predicted octanol–water partition coefficient (Wildman–Crippen LogP) is 4.08. The van der Waals surface area contributed by atoms with Gasteiger partial charge in [0.2, 0.25) is 0 Å². The number of aromatic nitrogens is 3. The van der Waals surface area contributed by atoms with Gasteiger partial charge in [0.1, 0.15) is 0 Å². The van der Waals surface area contributed by atoms with Crippen LogP contribution in [0.3, 0.4) is 0 Å². The average Bonchev–Trinajstić information content (AvgIpc) is 3.05. The second kappa shape index (κ2) is 7.28. The SMILES string of the molecule is Cn1c2c(c3ccc(-n4ccc(-c5ccc(Cl)cn5)cc4=O)cc31)CN(C(=O)O)CC2. The van der Waals surface area contributed by atoms with Crippen LogP contribution in [0, 0.1) is 0 Å². The maximum atomic E-state index is 12.8. The fraction of sp³-hybridized carbons (Fsp3) is 0.174. The van der Waals surface area contributed by atoms with Crippen molar-refractivity contribution < 1.29 is 9.90 Å². The van der Waals surface area contributed by atoms with Crippen LogP contribution in [0.25, 0.3) is 27.8 Å². The van der Waals surface area contributed by atoms with Gasteiger partial charge in [-0.3, -0.25) is 14.3 Å². The van der Waals surface area contributed by atoms with Gasteiger partial charge in [-0.2, -0.15) is 0 Å². The van der Waals surface area contributed by atoms with Gasteiger partial charge in [0.15, 0.2) is 0 Å². The van der Waals surface area contributed by atoms with E-state index in [2.05, 4.69) is 9.55 Å². The Balaban J connectivity index is 1.56. The van der Waals surface area contributed by atoms with Gasteiger partial charge in [-0.25, -0.2) is 4.79 Å². The van der Waals surface area contributed by atoms with Crippen LogP contribution < -0.4 is 5.56 Å². The lowest BCUT2D eigenvalue weighted by Gasteiger charge is -2.25. The standard InChI is InChI=1S/C23H19ClN4O3/c1-26-20-7-8-27(23(30)31)13-18(20)17-4-3-16(11-21(17)26)28-9-6-14(10-22(28)29)19-5-2-15(24)12-25-19/h2-6,9-12H,7-8,13H2,1H3,(H,30,31). The number of nitrogens with zero attached hydrogens (tertiary/aromatic N) is 4. The molecule has 3 aromatic heterocycles. The molecule has 0 fully saturated rings. The molecule has 0 bridgehead atoms. The predicted molar refractivity (Wildman–Crippen MR) is 119 cm³/mol. The quantitative estimate of drug-likeness (QED) is 0.515. The summed E-state index contributed by atoms with van der Waals surface area (Å²) in [7, 11) is 1.99. The molecule has 4 aromatic rings. The number of rotatable bonds is 2. The van der Waals surface area contributed by atoms with Crippen molar-refractivity contribution >= 4 is 28.6 Å². The topological polar surface area (TPSA) is 80.4 Å². The number of halogens is 1. The largest absolute Gasteiger partial charge is 0.465 e. The smallest absolute Gasteiger partial charge is 0.407 e. The molecule has 1 N–H and O–H groups in total. The van der Waals surface area contributed by atoms with Gasteiger partial charge in [0.05, 0.1) is 28.5 Å². The van der Waals surface area contributed by atoms with Crippen molar-refractivity contribution in [2.75, 3.05) is 6.54 Å². The maximum Gasteiger partial charge on any atom is 0.407 e. The summed E-state index contributed by atoms with van der Waals surface area (Å²) in [4.78, 5) is 30.0. The molecule has 0 radical (unpaired) electrons. The molecular weight excluding hydrogens is 416 g/mol. The van der Waals surface area contributed by atoms with E-state index in [-0.39, 0.29) is 5.56 Å². The molecule has 1 amide bonds. The summed E-state index contributed by atoms with van der Waals surface area (Å²) in [6, 6.07) is 12.8. The van der Waals surface area contributed by atoms with E-state index in [0.29, 0.717) is 30.2 Å². The van der Waals surface area contributed by atoms with Gasteiger partial charge in [-0.15, -0.1) is 0 Å². The molecule has 156 valence electrons. The summed E-state index contributed by atoms with van der Waals surface area (Å²) in [5.41, 5.74) is 5.15. The summed E-state index contributed by atoms with van der Waals surface area (Å²) in [6.45, 7) is 0.864. The molecule has 0 spiro atoms. The Labute approximate surface area is 182 Å². The normalized spacial score (nSPS) is 13.4. The minimum atomic E-state index is -0.902. The van der Waals surface area contributed by atoms with Crippen LogP contribution in [-0.2, 0) is 20.0 Å². The van der Waals surface area contributed by atoms with Crippen LogP contribution in [0.4, 0.5) is 4.79 Å². The van der Waals surface area contributed by atoms with Gasteiger partial charge in [-0.05, 0) is 30.3 Å². The summed E-state index contributed by atoms with van der Waals surface area (Å²) in [5, 5.41) is 10.9. The van der Waals surface area contributed by atoms with Gasteiger partial charge in [-0.1, -0.05) is 17.7 Å². The van der Waals surface area contributed by atoms with E-state index in [1.54, 1.807) is 35.2 Å². The van der Waals surface area contributed by atoms with Crippen molar-refractivity contribution in [3.8, 4) is 16.9 Å². The van der Waals surface area contributed by atoms with Crippen molar-refractivity contribution in [1.82, 2.24) is 19.0 Å². The Hall–Kier alpha value is -3.58. The van der Waals surface area contributed by atoms with Crippen molar-refractivity contribution in [3.63, 3.8) is 0 Å². The highest BCUT2D eigenvalue weighted by Gasteiger charge is 2.25. The minimum Gasteiger partial charge on any atom is -0.465 e. The van der Waals surface area contributed by atoms with Crippen LogP contribution in [0.2, 0.25) is 5.02 Å². The lowest BCUT2D eigenvalue weighted by molar-refractivity contribution is 0.139. The number of hydrogen-bond donors (Lipinski definition) is 1. The fourth-order valence-corrected chi connectivity index (χ4v) is 4.38. The van der Waals surface area contributed by atoms with E-state index < -0.39 is 6.09 Å². The van der Waals surface area contributed by atoms with Crippen LogP contribution >= 0.6 is 11.6 Å². The first kappa shape index (κ1) is 19.4. The Morgan fingerprint density at radius 1 is 1.16 bits per heavy atom. The molecule has 0 atom stereocenters. The van der Waals surface area contributed by atoms with E-state index >= 15 is 0 Å². The Morgan fingerprint density at radius 3 is 2.71 bits per heavy atom. The molecule has 31 heavy (non-hydrogen) atoms. The molecule has 4 heterocycles. The summed E-state index contributed by atoms with van der Waals surface area (Å²) in [6.07, 6.45) is 3.06. The van der Waals surface area contributed by atoms with Crippen LogP contribution in [0.5, 0.6) is 0 Å². The molecule has 1 aliphatic heterocycles. The number of pyridine rings is 2. The zero-order valence-electron chi connectivity index (χ0n) is 16.7. The molecule has 7 nitrogen and oxygen atoms in total. The fourth-order valence-electron chi connectivity index (χ4n) is 4.27. The second-order valence-electron chi connectivity index (χ2n) is 7.63. The Kier molecular flexibility index (Phi) is 4.55. The Morgan fingerprint density at radius 2 is 2.00 bits per heavy atom. The molecule has 8 heteroatoms. The number of carbonyl (C=O) groups is 1. The van der Waals surface area contributed by atoms with E-state index in [0.717, 1.165) is 33.4 Å². The van der Waals surface area contributed by atoms with Crippen LogP contribution in [0.1, 0.15) is 11.3 Å². The van der Waals surface area contributed by atoms with Crippen LogP contribution in [-0.4, -0.2) is 36.8 Å².